The van der Waals surface area contributed by atoms with Gasteiger partial charge in [0, 0.05) is 38.8 Å². The summed E-state index contributed by atoms with van der Waals surface area (Å²) in [5, 5.41) is 22.3. The van der Waals surface area contributed by atoms with E-state index in [0.717, 1.165) is 55.2 Å². The monoisotopic (exact) mass is 332 g/mol. The average molecular weight is 332 g/mol. The standard InChI is InChI=1S/C17H28N6O/c1-12(2)9-21-6-7-22(10-15(21)5-8-24)16-13(3)14(4)20-23-11-18-19-17(16)23/h11-12,15,24H,5-10H2,1-4H3. The van der Waals surface area contributed by atoms with Crippen molar-refractivity contribution in [3.63, 3.8) is 0 Å². The van der Waals surface area contributed by atoms with Crippen LogP contribution >= 0.6 is 0 Å². The molecule has 2 aromatic heterocycles. The highest BCUT2D eigenvalue weighted by Crippen LogP contribution is 2.29. The fourth-order valence-electron chi connectivity index (χ4n) is 3.64. The van der Waals surface area contributed by atoms with Gasteiger partial charge in [0.2, 0.25) is 5.65 Å². The van der Waals surface area contributed by atoms with E-state index in [1.165, 1.54) is 0 Å². The molecule has 1 atom stereocenters. The Kier molecular flexibility index (Phi) is 5.01. The summed E-state index contributed by atoms with van der Waals surface area (Å²) in [4.78, 5) is 4.91. The molecule has 3 heterocycles. The molecule has 7 heteroatoms. The number of hydrogen-bond acceptors (Lipinski definition) is 6. The number of nitrogens with zero attached hydrogens (tertiary/aromatic N) is 6. The molecular weight excluding hydrogens is 304 g/mol. The van der Waals surface area contributed by atoms with Crippen molar-refractivity contribution in [3.8, 4) is 0 Å². The first-order chi connectivity index (χ1) is 11.5. The van der Waals surface area contributed by atoms with Crippen molar-refractivity contribution in [3.05, 3.63) is 17.6 Å². The molecule has 132 valence electrons. The van der Waals surface area contributed by atoms with E-state index in [2.05, 4.69) is 45.9 Å². The van der Waals surface area contributed by atoms with Crippen molar-refractivity contribution in [1.82, 2.24) is 24.7 Å². The molecule has 0 aliphatic carbocycles. The first kappa shape index (κ1) is 17.1. The second kappa shape index (κ2) is 7.03. The maximum absolute atomic E-state index is 9.48. The van der Waals surface area contributed by atoms with Crippen LogP contribution in [0.3, 0.4) is 0 Å². The fourth-order valence-corrected chi connectivity index (χ4v) is 3.64. The van der Waals surface area contributed by atoms with Gasteiger partial charge in [-0.25, -0.2) is 0 Å². The van der Waals surface area contributed by atoms with E-state index in [9.17, 15) is 5.11 Å². The second-order valence-electron chi connectivity index (χ2n) is 7.16. The number of hydrogen-bond donors (Lipinski definition) is 1. The highest BCUT2D eigenvalue weighted by molar-refractivity contribution is 5.72. The number of aryl methyl sites for hydroxylation is 1. The van der Waals surface area contributed by atoms with Gasteiger partial charge in [-0.2, -0.15) is 9.61 Å². The highest BCUT2D eigenvalue weighted by atomic mass is 16.3. The summed E-state index contributed by atoms with van der Waals surface area (Å²) in [6, 6.07) is 0.363. The molecule has 1 fully saturated rings. The Hall–Kier alpha value is -1.73. The molecule has 0 radical (unpaired) electrons. The van der Waals surface area contributed by atoms with Crippen LogP contribution in [0.4, 0.5) is 5.69 Å². The molecule has 3 rings (SSSR count). The normalized spacial score (nSPS) is 19.6. The predicted molar refractivity (Wildman–Crippen MR) is 94.4 cm³/mol. The van der Waals surface area contributed by atoms with E-state index in [1.54, 1.807) is 10.8 Å². The average Bonchev–Trinajstić information content (AvgIpc) is 2.98. The summed E-state index contributed by atoms with van der Waals surface area (Å²) in [6.07, 6.45) is 2.46. The number of fused-ring (bicyclic) bond motifs is 1. The Balaban J connectivity index is 1.91. The zero-order chi connectivity index (χ0) is 17.3. The van der Waals surface area contributed by atoms with Gasteiger partial charge in [0.15, 0.2) is 0 Å². The van der Waals surface area contributed by atoms with Crippen LogP contribution in [0.25, 0.3) is 5.65 Å². The molecule has 0 aromatic carbocycles. The molecule has 0 bridgehead atoms. The van der Waals surface area contributed by atoms with Crippen molar-refractivity contribution < 1.29 is 5.11 Å². The summed E-state index contributed by atoms with van der Waals surface area (Å²) in [5.41, 5.74) is 4.11. The van der Waals surface area contributed by atoms with E-state index in [0.29, 0.717) is 12.0 Å². The van der Waals surface area contributed by atoms with Crippen LogP contribution in [0.5, 0.6) is 0 Å². The summed E-state index contributed by atoms with van der Waals surface area (Å²) in [6.45, 7) is 12.8. The Morgan fingerprint density at radius 2 is 2.08 bits per heavy atom. The van der Waals surface area contributed by atoms with E-state index < -0.39 is 0 Å². The molecule has 7 nitrogen and oxygen atoms in total. The van der Waals surface area contributed by atoms with Gasteiger partial charge in [-0.15, -0.1) is 10.2 Å². The van der Waals surface area contributed by atoms with Gasteiger partial charge >= 0.3 is 0 Å². The minimum atomic E-state index is 0.224. The smallest absolute Gasteiger partial charge is 0.201 e. The van der Waals surface area contributed by atoms with Crippen LogP contribution in [0.1, 0.15) is 31.5 Å². The number of aliphatic hydroxyl groups is 1. The molecule has 1 aliphatic heterocycles. The molecule has 0 saturated carbocycles. The quantitative estimate of drug-likeness (QED) is 0.889. The summed E-state index contributed by atoms with van der Waals surface area (Å²) < 4.78 is 1.76. The number of piperazine rings is 1. The topological polar surface area (TPSA) is 69.8 Å². The summed E-state index contributed by atoms with van der Waals surface area (Å²) in [5.74, 6) is 0.630. The van der Waals surface area contributed by atoms with E-state index >= 15 is 0 Å². The Bertz CT molecular complexity index is 698. The SMILES string of the molecule is Cc1nn2cnnc2c(N2CCN(CC(C)C)C(CCO)C2)c1C. The lowest BCUT2D eigenvalue weighted by Gasteiger charge is -2.43. The Morgan fingerprint density at radius 3 is 2.79 bits per heavy atom. The molecule has 0 spiro atoms. The van der Waals surface area contributed by atoms with Crippen LogP contribution < -0.4 is 4.90 Å². The van der Waals surface area contributed by atoms with E-state index in [4.69, 9.17) is 0 Å². The number of aromatic nitrogens is 4. The van der Waals surface area contributed by atoms with Gasteiger partial charge in [-0.05, 0) is 31.7 Å². The predicted octanol–water partition coefficient (Wildman–Crippen LogP) is 1.27. The van der Waals surface area contributed by atoms with Crippen molar-refractivity contribution in [1.29, 1.82) is 0 Å². The second-order valence-corrected chi connectivity index (χ2v) is 7.16. The summed E-state index contributed by atoms with van der Waals surface area (Å²) >= 11 is 0. The van der Waals surface area contributed by atoms with Crippen molar-refractivity contribution in [2.45, 2.75) is 40.2 Å². The van der Waals surface area contributed by atoms with Gasteiger partial charge in [0.1, 0.15) is 6.33 Å². The van der Waals surface area contributed by atoms with Crippen LogP contribution in [0, 0.1) is 19.8 Å². The van der Waals surface area contributed by atoms with Gasteiger partial charge in [0.05, 0.1) is 11.4 Å². The first-order valence-electron chi connectivity index (χ1n) is 8.78. The fraction of sp³-hybridized carbons (Fsp3) is 0.706. The number of aliphatic hydroxyl groups excluding tert-OH is 1. The zero-order valence-corrected chi connectivity index (χ0v) is 15.1. The van der Waals surface area contributed by atoms with Gasteiger partial charge in [-0.3, -0.25) is 4.90 Å². The van der Waals surface area contributed by atoms with Crippen LogP contribution in [-0.4, -0.2) is 68.6 Å². The highest BCUT2D eigenvalue weighted by Gasteiger charge is 2.29. The van der Waals surface area contributed by atoms with E-state index in [-0.39, 0.29) is 6.61 Å². The third-order valence-electron chi connectivity index (χ3n) is 4.88. The van der Waals surface area contributed by atoms with Crippen LogP contribution in [0.15, 0.2) is 6.33 Å². The Labute approximate surface area is 143 Å². The molecule has 0 amide bonds. The third-order valence-corrected chi connectivity index (χ3v) is 4.88. The minimum Gasteiger partial charge on any atom is -0.396 e. The van der Waals surface area contributed by atoms with Crippen molar-refractivity contribution in [2.24, 2.45) is 5.92 Å². The Morgan fingerprint density at radius 1 is 1.29 bits per heavy atom. The number of anilines is 1. The zero-order valence-electron chi connectivity index (χ0n) is 15.1. The van der Waals surface area contributed by atoms with Gasteiger partial charge < -0.3 is 10.0 Å². The third kappa shape index (κ3) is 3.23. The van der Waals surface area contributed by atoms with Crippen molar-refractivity contribution >= 4 is 11.3 Å². The van der Waals surface area contributed by atoms with E-state index in [1.807, 2.05) is 6.92 Å². The molecular formula is C17H28N6O. The maximum Gasteiger partial charge on any atom is 0.201 e. The minimum absolute atomic E-state index is 0.224. The maximum atomic E-state index is 9.48. The van der Waals surface area contributed by atoms with Gasteiger partial charge in [-0.1, -0.05) is 13.8 Å². The molecule has 2 aromatic rings. The molecule has 1 aliphatic rings. The molecule has 1 N–H and O–H groups in total. The lowest BCUT2D eigenvalue weighted by atomic mass is 10.0. The lowest BCUT2D eigenvalue weighted by Crippen LogP contribution is -2.54. The lowest BCUT2D eigenvalue weighted by molar-refractivity contribution is 0.129. The number of rotatable bonds is 5. The van der Waals surface area contributed by atoms with Gasteiger partial charge in [0.25, 0.3) is 0 Å². The summed E-state index contributed by atoms with van der Waals surface area (Å²) in [7, 11) is 0. The first-order valence-corrected chi connectivity index (χ1v) is 8.78. The van der Waals surface area contributed by atoms with Crippen LogP contribution in [0.2, 0.25) is 0 Å². The largest absolute Gasteiger partial charge is 0.396 e. The molecule has 24 heavy (non-hydrogen) atoms. The van der Waals surface area contributed by atoms with Crippen molar-refractivity contribution in [2.75, 3.05) is 37.7 Å². The molecule has 1 unspecified atom stereocenters. The molecule has 1 saturated heterocycles. The van der Waals surface area contributed by atoms with Crippen LogP contribution in [-0.2, 0) is 0 Å².